The van der Waals surface area contributed by atoms with E-state index in [1.54, 1.807) is 0 Å². The van der Waals surface area contributed by atoms with Crippen LogP contribution in [0.3, 0.4) is 0 Å². The van der Waals surface area contributed by atoms with Gasteiger partial charge in [-0.15, -0.1) is 0 Å². The quantitative estimate of drug-likeness (QED) is 0.551. The number of imide groups is 3. The standard InChI is InChI=1S/C14H20N4O5/c1-8-5-3-4-6-9(8)15-13(22)16-10(19)7-18-12(21)11(20)17(2)14(18)23/h8-9H,3-7H2,1-2H3,(H2,15,16,19,22)/t8-,9+/m0/s1. The molecule has 1 aliphatic heterocycles. The van der Waals surface area contributed by atoms with Crippen molar-refractivity contribution in [2.75, 3.05) is 13.6 Å². The molecule has 0 bridgehead atoms. The summed E-state index contributed by atoms with van der Waals surface area (Å²) in [6, 6.07) is -1.54. The predicted octanol–water partition coefficient (Wildman–Crippen LogP) is -0.188. The van der Waals surface area contributed by atoms with Crippen molar-refractivity contribution in [3.05, 3.63) is 0 Å². The zero-order valence-corrected chi connectivity index (χ0v) is 13.1. The number of urea groups is 2. The number of likely N-dealkylation sites (N-methyl/N-ethyl adjacent to an activating group) is 1. The summed E-state index contributed by atoms with van der Waals surface area (Å²) in [6.07, 6.45) is 4.02. The number of carbonyl (C=O) groups is 5. The number of carbonyl (C=O) groups excluding carboxylic acids is 5. The second kappa shape index (κ2) is 6.76. The third-order valence-electron chi connectivity index (χ3n) is 4.23. The molecule has 1 aliphatic carbocycles. The summed E-state index contributed by atoms with van der Waals surface area (Å²) >= 11 is 0. The normalized spacial score (nSPS) is 24.9. The van der Waals surface area contributed by atoms with Crippen molar-refractivity contribution < 1.29 is 24.0 Å². The Bertz CT molecular complexity index is 561. The van der Waals surface area contributed by atoms with Gasteiger partial charge in [-0.2, -0.15) is 0 Å². The molecule has 2 fully saturated rings. The summed E-state index contributed by atoms with van der Waals surface area (Å²) < 4.78 is 0. The molecule has 9 heteroatoms. The lowest BCUT2D eigenvalue weighted by atomic mass is 9.86. The fourth-order valence-corrected chi connectivity index (χ4v) is 2.80. The molecule has 2 aliphatic rings. The van der Waals surface area contributed by atoms with Crippen molar-refractivity contribution in [2.24, 2.45) is 5.92 Å². The summed E-state index contributed by atoms with van der Waals surface area (Å²) in [4.78, 5) is 59.3. The average Bonchev–Trinajstić information content (AvgIpc) is 2.67. The summed E-state index contributed by atoms with van der Waals surface area (Å²) in [6.45, 7) is 1.37. The SMILES string of the molecule is C[C@H]1CCCC[C@H]1NC(=O)NC(=O)CN1C(=O)C(=O)N(C)C1=O. The number of nitrogens with zero attached hydrogens (tertiary/aromatic N) is 2. The zero-order valence-electron chi connectivity index (χ0n) is 13.1. The smallest absolute Gasteiger partial charge is 0.334 e. The molecule has 2 atom stereocenters. The highest BCUT2D eigenvalue weighted by Crippen LogP contribution is 2.23. The Balaban J connectivity index is 1.85. The Labute approximate surface area is 133 Å². The number of hydrogen-bond acceptors (Lipinski definition) is 5. The topological polar surface area (TPSA) is 116 Å². The molecule has 1 saturated heterocycles. The van der Waals surface area contributed by atoms with Crippen molar-refractivity contribution in [3.8, 4) is 0 Å². The van der Waals surface area contributed by atoms with E-state index in [0.29, 0.717) is 15.7 Å². The largest absolute Gasteiger partial charge is 0.335 e. The minimum atomic E-state index is -1.08. The van der Waals surface area contributed by atoms with Gasteiger partial charge in [-0.05, 0) is 18.8 Å². The monoisotopic (exact) mass is 324 g/mol. The van der Waals surface area contributed by atoms with E-state index in [1.165, 1.54) is 0 Å². The Kier molecular flexibility index (Phi) is 4.97. The molecule has 0 spiro atoms. The lowest BCUT2D eigenvalue weighted by Gasteiger charge is -2.29. The number of hydrogen-bond donors (Lipinski definition) is 2. The zero-order chi connectivity index (χ0) is 17.1. The van der Waals surface area contributed by atoms with Crippen molar-refractivity contribution >= 4 is 29.8 Å². The van der Waals surface area contributed by atoms with Gasteiger partial charge in [0.1, 0.15) is 6.54 Å². The molecule has 0 unspecified atom stereocenters. The lowest BCUT2D eigenvalue weighted by molar-refractivity contribution is -0.143. The van der Waals surface area contributed by atoms with Crippen molar-refractivity contribution in [1.82, 2.24) is 20.4 Å². The van der Waals surface area contributed by atoms with Crippen LogP contribution in [-0.2, 0) is 14.4 Å². The van der Waals surface area contributed by atoms with Crippen LogP contribution in [0.5, 0.6) is 0 Å². The number of nitrogens with one attached hydrogen (secondary N) is 2. The molecule has 1 heterocycles. The second-order valence-electron chi connectivity index (χ2n) is 5.93. The van der Waals surface area contributed by atoms with Crippen LogP contribution >= 0.6 is 0 Å². The third kappa shape index (κ3) is 3.66. The van der Waals surface area contributed by atoms with Crippen LogP contribution in [0.2, 0.25) is 0 Å². The van der Waals surface area contributed by atoms with E-state index in [4.69, 9.17) is 0 Å². The Morgan fingerprint density at radius 2 is 1.78 bits per heavy atom. The molecule has 2 N–H and O–H groups in total. The van der Waals surface area contributed by atoms with Crippen molar-refractivity contribution in [3.63, 3.8) is 0 Å². The summed E-state index contributed by atoms with van der Waals surface area (Å²) in [5, 5.41) is 4.81. The van der Waals surface area contributed by atoms with Gasteiger partial charge in [-0.25, -0.2) is 14.5 Å². The van der Waals surface area contributed by atoms with Crippen LogP contribution in [0.1, 0.15) is 32.6 Å². The lowest BCUT2D eigenvalue weighted by Crippen LogP contribution is -2.50. The van der Waals surface area contributed by atoms with Crippen LogP contribution in [0.15, 0.2) is 0 Å². The first-order valence-electron chi connectivity index (χ1n) is 7.55. The van der Waals surface area contributed by atoms with Gasteiger partial charge in [0.05, 0.1) is 0 Å². The highest BCUT2D eigenvalue weighted by molar-refractivity contribution is 6.44. The fourth-order valence-electron chi connectivity index (χ4n) is 2.80. The molecule has 126 valence electrons. The Morgan fingerprint density at radius 1 is 1.13 bits per heavy atom. The van der Waals surface area contributed by atoms with Gasteiger partial charge in [0.15, 0.2) is 0 Å². The van der Waals surface area contributed by atoms with Gasteiger partial charge in [0.25, 0.3) is 0 Å². The minimum absolute atomic E-state index is 0.000637. The maximum Gasteiger partial charge on any atom is 0.334 e. The van der Waals surface area contributed by atoms with E-state index in [-0.39, 0.29) is 6.04 Å². The molecule has 0 radical (unpaired) electrons. The van der Waals surface area contributed by atoms with Crippen LogP contribution in [0.25, 0.3) is 0 Å². The first kappa shape index (κ1) is 16.9. The Hall–Kier alpha value is -2.45. The molecule has 0 aromatic heterocycles. The third-order valence-corrected chi connectivity index (χ3v) is 4.23. The van der Waals surface area contributed by atoms with E-state index < -0.39 is 36.3 Å². The van der Waals surface area contributed by atoms with Crippen molar-refractivity contribution in [1.29, 1.82) is 0 Å². The van der Waals surface area contributed by atoms with Gasteiger partial charge >= 0.3 is 23.9 Å². The van der Waals surface area contributed by atoms with Gasteiger partial charge in [0.2, 0.25) is 5.91 Å². The van der Waals surface area contributed by atoms with E-state index in [2.05, 4.69) is 10.6 Å². The van der Waals surface area contributed by atoms with E-state index in [1.807, 2.05) is 6.92 Å². The summed E-state index contributed by atoms with van der Waals surface area (Å²) in [5.41, 5.74) is 0. The maximum atomic E-state index is 11.8. The molecule has 1 saturated carbocycles. The first-order chi connectivity index (χ1) is 10.8. The molecule has 7 amide bonds. The second-order valence-corrected chi connectivity index (χ2v) is 5.93. The number of rotatable bonds is 3. The number of amides is 7. The van der Waals surface area contributed by atoms with E-state index >= 15 is 0 Å². The fraction of sp³-hybridized carbons (Fsp3) is 0.643. The van der Waals surface area contributed by atoms with Crippen LogP contribution < -0.4 is 10.6 Å². The molecule has 0 aromatic rings. The van der Waals surface area contributed by atoms with Gasteiger partial charge in [-0.3, -0.25) is 24.6 Å². The Morgan fingerprint density at radius 3 is 2.35 bits per heavy atom. The molecule has 23 heavy (non-hydrogen) atoms. The van der Waals surface area contributed by atoms with Gasteiger partial charge in [0, 0.05) is 13.1 Å². The van der Waals surface area contributed by atoms with Gasteiger partial charge < -0.3 is 5.32 Å². The molecule has 2 rings (SSSR count). The first-order valence-corrected chi connectivity index (χ1v) is 7.55. The maximum absolute atomic E-state index is 11.8. The molecule has 9 nitrogen and oxygen atoms in total. The molecule has 0 aromatic carbocycles. The molecular formula is C14H20N4O5. The highest BCUT2D eigenvalue weighted by Gasteiger charge is 2.43. The summed E-state index contributed by atoms with van der Waals surface area (Å²) in [7, 11) is 1.15. The molecular weight excluding hydrogens is 304 g/mol. The summed E-state index contributed by atoms with van der Waals surface area (Å²) in [5.74, 6) is -2.56. The average molecular weight is 324 g/mol. The van der Waals surface area contributed by atoms with Crippen LogP contribution in [-0.4, -0.2) is 59.2 Å². The van der Waals surface area contributed by atoms with E-state index in [0.717, 1.165) is 32.7 Å². The van der Waals surface area contributed by atoms with Crippen LogP contribution in [0.4, 0.5) is 9.59 Å². The minimum Gasteiger partial charge on any atom is -0.335 e. The van der Waals surface area contributed by atoms with Gasteiger partial charge in [-0.1, -0.05) is 19.8 Å². The van der Waals surface area contributed by atoms with Crippen LogP contribution in [0, 0.1) is 5.92 Å². The highest BCUT2D eigenvalue weighted by atomic mass is 16.2. The van der Waals surface area contributed by atoms with E-state index in [9.17, 15) is 24.0 Å². The van der Waals surface area contributed by atoms with Crippen molar-refractivity contribution in [2.45, 2.75) is 38.6 Å². The predicted molar refractivity (Wildman–Crippen MR) is 78.0 cm³/mol.